The summed E-state index contributed by atoms with van der Waals surface area (Å²) >= 11 is 0. The summed E-state index contributed by atoms with van der Waals surface area (Å²) in [6, 6.07) is 11.3. The van der Waals surface area contributed by atoms with Crippen LogP contribution in [0.5, 0.6) is 17.2 Å². The standard InChI is InChI=1S/C20H20F3NO6/c1-3-27-16-6-4-5-7-17(16)28-12-18(25)29-13(2)19(26)24-14-8-10-15(11-9-14)30-20(21,22)23/h4-11,13H,3,12H2,1-2H3,(H,24,26). The van der Waals surface area contributed by atoms with Crippen molar-refractivity contribution in [1.82, 2.24) is 0 Å². The van der Waals surface area contributed by atoms with E-state index in [1.54, 1.807) is 24.3 Å². The summed E-state index contributed by atoms with van der Waals surface area (Å²) in [7, 11) is 0. The smallest absolute Gasteiger partial charge is 0.490 e. The van der Waals surface area contributed by atoms with Crippen molar-refractivity contribution in [3.63, 3.8) is 0 Å². The molecule has 2 aromatic rings. The second-order valence-corrected chi connectivity index (χ2v) is 5.86. The number of halogens is 3. The van der Waals surface area contributed by atoms with Crippen LogP contribution in [0, 0.1) is 0 Å². The molecule has 162 valence electrons. The van der Waals surface area contributed by atoms with Gasteiger partial charge < -0.3 is 24.3 Å². The van der Waals surface area contributed by atoms with Crippen LogP contribution in [0.3, 0.4) is 0 Å². The van der Waals surface area contributed by atoms with E-state index in [1.807, 2.05) is 6.92 Å². The SMILES string of the molecule is CCOc1ccccc1OCC(=O)OC(C)C(=O)Nc1ccc(OC(F)(F)F)cc1. The first-order valence-electron chi connectivity index (χ1n) is 8.88. The predicted molar refractivity (Wildman–Crippen MR) is 100 cm³/mol. The van der Waals surface area contributed by atoms with Gasteiger partial charge in [0, 0.05) is 5.69 Å². The molecule has 2 aromatic carbocycles. The third-order valence-corrected chi connectivity index (χ3v) is 3.53. The summed E-state index contributed by atoms with van der Waals surface area (Å²) < 4.78 is 56.0. The molecule has 0 aliphatic rings. The molecule has 10 heteroatoms. The quantitative estimate of drug-likeness (QED) is 0.611. The van der Waals surface area contributed by atoms with Gasteiger partial charge in [-0.05, 0) is 50.2 Å². The molecule has 0 heterocycles. The molecule has 2 rings (SSSR count). The average Bonchev–Trinajstić information content (AvgIpc) is 2.68. The van der Waals surface area contributed by atoms with E-state index in [2.05, 4.69) is 10.1 Å². The predicted octanol–water partition coefficient (Wildman–Crippen LogP) is 3.93. The molecule has 1 amide bonds. The van der Waals surface area contributed by atoms with E-state index >= 15 is 0 Å². The van der Waals surface area contributed by atoms with Crippen LogP contribution in [0.4, 0.5) is 18.9 Å². The van der Waals surface area contributed by atoms with Crippen LogP contribution in [-0.4, -0.2) is 37.6 Å². The molecule has 7 nitrogen and oxygen atoms in total. The van der Waals surface area contributed by atoms with Crippen LogP contribution in [-0.2, 0) is 14.3 Å². The summed E-state index contributed by atoms with van der Waals surface area (Å²) in [6.07, 6.45) is -5.96. The van der Waals surface area contributed by atoms with E-state index in [0.29, 0.717) is 18.1 Å². The highest BCUT2D eigenvalue weighted by atomic mass is 19.4. The highest BCUT2D eigenvalue weighted by molar-refractivity contribution is 5.95. The van der Waals surface area contributed by atoms with Gasteiger partial charge in [0.15, 0.2) is 24.2 Å². The molecule has 0 fully saturated rings. The molecule has 0 aliphatic carbocycles. The lowest BCUT2D eigenvalue weighted by Crippen LogP contribution is -2.31. The highest BCUT2D eigenvalue weighted by Crippen LogP contribution is 2.26. The average molecular weight is 427 g/mol. The zero-order chi connectivity index (χ0) is 22.1. The van der Waals surface area contributed by atoms with Gasteiger partial charge in [0.2, 0.25) is 0 Å². The summed E-state index contributed by atoms with van der Waals surface area (Å²) in [6.45, 7) is 3.14. The monoisotopic (exact) mass is 427 g/mol. The second-order valence-electron chi connectivity index (χ2n) is 5.86. The molecule has 0 radical (unpaired) electrons. The Hall–Kier alpha value is -3.43. The van der Waals surface area contributed by atoms with Crippen molar-refractivity contribution in [3.8, 4) is 17.2 Å². The van der Waals surface area contributed by atoms with Gasteiger partial charge >= 0.3 is 12.3 Å². The minimum atomic E-state index is -4.81. The molecule has 30 heavy (non-hydrogen) atoms. The fourth-order valence-electron chi connectivity index (χ4n) is 2.25. The number of ether oxygens (including phenoxy) is 4. The molecule has 1 N–H and O–H groups in total. The zero-order valence-electron chi connectivity index (χ0n) is 16.2. The Kier molecular flexibility index (Phi) is 7.90. The second kappa shape index (κ2) is 10.4. The lowest BCUT2D eigenvalue weighted by molar-refractivity contribution is -0.274. The first kappa shape index (κ1) is 22.9. The van der Waals surface area contributed by atoms with Gasteiger partial charge in [-0.25, -0.2) is 4.79 Å². The minimum absolute atomic E-state index is 0.208. The molecule has 1 atom stereocenters. The molecule has 0 saturated heterocycles. The van der Waals surface area contributed by atoms with Crippen molar-refractivity contribution in [1.29, 1.82) is 0 Å². The van der Waals surface area contributed by atoms with E-state index in [1.165, 1.54) is 19.1 Å². The highest BCUT2D eigenvalue weighted by Gasteiger charge is 2.31. The number of carbonyl (C=O) groups is 2. The van der Waals surface area contributed by atoms with Gasteiger partial charge in [-0.3, -0.25) is 4.79 Å². The number of hydrogen-bond acceptors (Lipinski definition) is 6. The first-order valence-corrected chi connectivity index (χ1v) is 8.88. The Labute approximate surface area is 170 Å². The Bertz CT molecular complexity index is 854. The van der Waals surface area contributed by atoms with Gasteiger partial charge in [0.1, 0.15) is 5.75 Å². The minimum Gasteiger partial charge on any atom is -0.490 e. The Morgan fingerprint density at radius 2 is 1.60 bits per heavy atom. The first-order chi connectivity index (χ1) is 14.2. The van der Waals surface area contributed by atoms with Gasteiger partial charge in [0.25, 0.3) is 5.91 Å². The van der Waals surface area contributed by atoms with Gasteiger partial charge in [-0.1, -0.05) is 12.1 Å². The number of nitrogens with one attached hydrogen (secondary N) is 1. The number of rotatable bonds is 9. The lowest BCUT2D eigenvalue weighted by Gasteiger charge is -2.15. The van der Waals surface area contributed by atoms with Gasteiger partial charge in [-0.15, -0.1) is 13.2 Å². The summed E-state index contributed by atoms with van der Waals surface area (Å²) in [4.78, 5) is 24.1. The van der Waals surface area contributed by atoms with Gasteiger partial charge in [0.05, 0.1) is 6.61 Å². The van der Waals surface area contributed by atoms with Crippen molar-refractivity contribution in [3.05, 3.63) is 48.5 Å². The number of benzene rings is 2. The third kappa shape index (κ3) is 7.53. The Balaban J connectivity index is 1.83. The Morgan fingerprint density at radius 1 is 1.00 bits per heavy atom. The largest absolute Gasteiger partial charge is 0.573 e. The van der Waals surface area contributed by atoms with E-state index in [-0.39, 0.29) is 5.69 Å². The summed E-state index contributed by atoms with van der Waals surface area (Å²) in [5.74, 6) is -1.05. The number of carbonyl (C=O) groups excluding carboxylic acids is 2. The maximum atomic E-state index is 12.2. The maximum Gasteiger partial charge on any atom is 0.573 e. The van der Waals surface area contributed by atoms with Crippen LogP contribution < -0.4 is 19.5 Å². The van der Waals surface area contributed by atoms with Crippen LogP contribution in [0.15, 0.2) is 48.5 Å². The Morgan fingerprint density at radius 3 is 2.17 bits per heavy atom. The number of esters is 1. The molecule has 0 bridgehead atoms. The van der Waals surface area contributed by atoms with E-state index in [9.17, 15) is 22.8 Å². The zero-order valence-corrected chi connectivity index (χ0v) is 16.2. The van der Waals surface area contributed by atoms with Gasteiger partial charge in [-0.2, -0.15) is 0 Å². The van der Waals surface area contributed by atoms with Crippen molar-refractivity contribution in [2.75, 3.05) is 18.5 Å². The molecular formula is C20H20F3NO6. The van der Waals surface area contributed by atoms with Crippen molar-refractivity contribution >= 4 is 17.6 Å². The fourth-order valence-corrected chi connectivity index (χ4v) is 2.25. The number of amides is 1. The molecule has 0 spiro atoms. The molecule has 0 aromatic heterocycles. The summed E-state index contributed by atoms with van der Waals surface area (Å²) in [5.41, 5.74) is 0.208. The fraction of sp³-hybridized carbons (Fsp3) is 0.300. The molecule has 1 unspecified atom stereocenters. The molecule has 0 saturated carbocycles. The molecular weight excluding hydrogens is 407 g/mol. The van der Waals surface area contributed by atoms with Crippen LogP contribution in [0.2, 0.25) is 0 Å². The van der Waals surface area contributed by atoms with E-state index < -0.39 is 36.7 Å². The number of hydrogen-bond donors (Lipinski definition) is 1. The van der Waals surface area contributed by atoms with Crippen LogP contribution in [0.1, 0.15) is 13.8 Å². The topological polar surface area (TPSA) is 83.1 Å². The normalized spacial score (nSPS) is 11.9. The number of alkyl halides is 3. The van der Waals surface area contributed by atoms with Crippen LogP contribution >= 0.6 is 0 Å². The lowest BCUT2D eigenvalue weighted by atomic mass is 10.3. The number of anilines is 1. The van der Waals surface area contributed by atoms with E-state index in [0.717, 1.165) is 12.1 Å². The third-order valence-electron chi connectivity index (χ3n) is 3.53. The van der Waals surface area contributed by atoms with Crippen molar-refractivity contribution in [2.45, 2.75) is 26.3 Å². The maximum absolute atomic E-state index is 12.2. The van der Waals surface area contributed by atoms with E-state index in [4.69, 9.17) is 14.2 Å². The van der Waals surface area contributed by atoms with Crippen molar-refractivity contribution < 1.29 is 41.7 Å². The molecule has 0 aliphatic heterocycles. The number of para-hydroxylation sites is 2. The summed E-state index contributed by atoms with van der Waals surface area (Å²) in [5, 5.41) is 2.42. The van der Waals surface area contributed by atoms with Crippen molar-refractivity contribution in [2.24, 2.45) is 0 Å². The van der Waals surface area contributed by atoms with Crippen LogP contribution in [0.25, 0.3) is 0 Å².